The van der Waals surface area contributed by atoms with Crippen LogP contribution in [0.15, 0.2) is 54.6 Å². The van der Waals surface area contributed by atoms with Gasteiger partial charge in [-0.2, -0.15) is 0 Å². The summed E-state index contributed by atoms with van der Waals surface area (Å²) in [5, 5.41) is 7.28. The molecular formula is C18H18N2. The standard InChI is InChI=1S/C18H18N2/c1-12-18(14-7-3-5-9-16(14)19-12)17-11-10-13-6-2-4-8-15(13)20-17/h2-12,17-20H,1H3. The topological polar surface area (TPSA) is 24.1 Å². The Morgan fingerprint density at radius 1 is 0.850 bits per heavy atom. The molecule has 2 aliphatic heterocycles. The van der Waals surface area contributed by atoms with Crippen LogP contribution in [0.25, 0.3) is 6.08 Å². The van der Waals surface area contributed by atoms with Gasteiger partial charge in [0.05, 0.1) is 6.04 Å². The summed E-state index contributed by atoms with van der Waals surface area (Å²) in [5.74, 6) is 0.468. The fraction of sp³-hybridized carbons (Fsp3) is 0.222. The van der Waals surface area contributed by atoms with Crippen molar-refractivity contribution in [3.05, 3.63) is 65.7 Å². The molecule has 0 spiro atoms. The highest BCUT2D eigenvalue weighted by Gasteiger charge is 2.34. The molecule has 0 aliphatic carbocycles. The normalized spacial score (nSPS) is 26.4. The molecule has 20 heavy (non-hydrogen) atoms. The summed E-state index contributed by atoms with van der Waals surface area (Å²) in [6, 6.07) is 17.9. The van der Waals surface area contributed by atoms with Gasteiger partial charge < -0.3 is 10.6 Å². The molecule has 0 amide bonds. The monoisotopic (exact) mass is 262 g/mol. The zero-order chi connectivity index (χ0) is 13.5. The SMILES string of the molecule is CC1Nc2ccccc2C1C1C=Cc2ccccc2N1. The summed E-state index contributed by atoms with van der Waals surface area (Å²) in [6.45, 7) is 2.26. The summed E-state index contributed by atoms with van der Waals surface area (Å²) in [4.78, 5) is 0. The number of benzene rings is 2. The van der Waals surface area contributed by atoms with Crippen LogP contribution < -0.4 is 10.6 Å². The molecule has 2 heterocycles. The number of fused-ring (bicyclic) bond motifs is 2. The van der Waals surface area contributed by atoms with Crippen LogP contribution in [0.1, 0.15) is 24.0 Å². The van der Waals surface area contributed by atoms with Gasteiger partial charge in [-0.1, -0.05) is 48.6 Å². The fourth-order valence-corrected chi connectivity index (χ4v) is 3.45. The minimum Gasteiger partial charge on any atom is -0.382 e. The van der Waals surface area contributed by atoms with Crippen molar-refractivity contribution in [2.24, 2.45) is 0 Å². The number of nitrogens with one attached hydrogen (secondary N) is 2. The Hall–Kier alpha value is -2.22. The number of hydrogen-bond donors (Lipinski definition) is 2. The molecule has 4 rings (SSSR count). The van der Waals surface area contributed by atoms with Gasteiger partial charge >= 0.3 is 0 Å². The van der Waals surface area contributed by atoms with E-state index in [1.165, 1.54) is 22.5 Å². The maximum atomic E-state index is 3.68. The molecule has 2 aliphatic rings. The highest BCUT2D eigenvalue weighted by molar-refractivity contribution is 5.72. The molecule has 0 aromatic heterocycles. The molecule has 2 N–H and O–H groups in total. The van der Waals surface area contributed by atoms with Crippen molar-refractivity contribution in [2.45, 2.75) is 24.9 Å². The Labute approximate surface area is 119 Å². The van der Waals surface area contributed by atoms with Gasteiger partial charge in [0.1, 0.15) is 0 Å². The van der Waals surface area contributed by atoms with Crippen LogP contribution >= 0.6 is 0 Å². The Balaban J connectivity index is 1.70. The first kappa shape index (κ1) is 11.6. The largest absolute Gasteiger partial charge is 0.382 e. The predicted octanol–water partition coefficient (Wildman–Crippen LogP) is 4.09. The molecule has 0 radical (unpaired) electrons. The molecule has 3 atom stereocenters. The molecule has 2 aromatic carbocycles. The average Bonchev–Trinajstić information content (AvgIpc) is 2.82. The summed E-state index contributed by atoms with van der Waals surface area (Å²) < 4.78 is 0. The van der Waals surface area contributed by atoms with Crippen molar-refractivity contribution in [3.8, 4) is 0 Å². The zero-order valence-electron chi connectivity index (χ0n) is 11.5. The lowest BCUT2D eigenvalue weighted by molar-refractivity contribution is 0.594. The van der Waals surface area contributed by atoms with Gasteiger partial charge in [-0.05, 0) is 30.2 Å². The molecule has 0 bridgehead atoms. The lowest BCUT2D eigenvalue weighted by Gasteiger charge is -2.30. The second kappa shape index (κ2) is 4.41. The molecular weight excluding hydrogens is 244 g/mol. The highest BCUT2D eigenvalue weighted by atomic mass is 15.0. The van der Waals surface area contributed by atoms with Crippen LogP contribution in [0, 0.1) is 0 Å². The van der Waals surface area contributed by atoms with Crippen LogP contribution in [-0.2, 0) is 0 Å². The smallest absolute Gasteiger partial charge is 0.0536 e. The van der Waals surface area contributed by atoms with Gasteiger partial charge in [0.2, 0.25) is 0 Å². The Morgan fingerprint density at radius 3 is 2.50 bits per heavy atom. The number of anilines is 2. The molecule has 2 heteroatoms. The lowest BCUT2D eigenvalue weighted by Crippen LogP contribution is -2.33. The molecule has 0 fully saturated rings. The van der Waals surface area contributed by atoms with Crippen molar-refractivity contribution < 1.29 is 0 Å². The molecule has 3 unspecified atom stereocenters. The van der Waals surface area contributed by atoms with Crippen LogP contribution in [-0.4, -0.2) is 12.1 Å². The van der Waals surface area contributed by atoms with Gasteiger partial charge in [-0.15, -0.1) is 0 Å². The minimum absolute atomic E-state index is 0.344. The first-order valence-corrected chi connectivity index (χ1v) is 7.22. The van der Waals surface area contributed by atoms with E-state index in [4.69, 9.17) is 0 Å². The molecule has 2 aromatic rings. The number of hydrogen-bond acceptors (Lipinski definition) is 2. The zero-order valence-corrected chi connectivity index (χ0v) is 11.5. The van der Waals surface area contributed by atoms with E-state index in [-0.39, 0.29) is 0 Å². The van der Waals surface area contributed by atoms with Crippen LogP contribution in [0.4, 0.5) is 11.4 Å². The van der Waals surface area contributed by atoms with E-state index in [1.807, 2.05) is 0 Å². The maximum Gasteiger partial charge on any atom is 0.0536 e. The van der Waals surface area contributed by atoms with Crippen molar-refractivity contribution in [1.29, 1.82) is 0 Å². The van der Waals surface area contributed by atoms with Crippen molar-refractivity contribution >= 4 is 17.5 Å². The molecule has 0 saturated heterocycles. The first-order chi connectivity index (χ1) is 9.83. The van der Waals surface area contributed by atoms with E-state index in [2.05, 4.69) is 78.2 Å². The highest BCUT2D eigenvalue weighted by Crippen LogP contribution is 2.40. The predicted molar refractivity (Wildman–Crippen MR) is 85.2 cm³/mol. The van der Waals surface area contributed by atoms with Crippen LogP contribution in [0.2, 0.25) is 0 Å². The summed E-state index contributed by atoms with van der Waals surface area (Å²) >= 11 is 0. The summed E-state index contributed by atoms with van der Waals surface area (Å²) in [7, 11) is 0. The van der Waals surface area contributed by atoms with Gasteiger partial charge in [0.15, 0.2) is 0 Å². The van der Waals surface area contributed by atoms with Crippen molar-refractivity contribution in [3.63, 3.8) is 0 Å². The van der Waals surface area contributed by atoms with Gasteiger partial charge in [-0.25, -0.2) is 0 Å². The lowest BCUT2D eigenvalue weighted by atomic mass is 9.86. The third-order valence-corrected chi connectivity index (χ3v) is 4.39. The quantitative estimate of drug-likeness (QED) is 0.808. The number of para-hydroxylation sites is 2. The van der Waals surface area contributed by atoms with Gasteiger partial charge in [-0.3, -0.25) is 0 Å². The van der Waals surface area contributed by atoms with E-state index in [9.17, 15) is 0 Å². The first-order valence-electron chi connectivity index (χ1n) is 7.22. The third-order valence-electron chi connectivity index (χ3n) is 4.39. The van der Waals surface area contributed by atoms with E-state index >= 15 is 0 Å². The molecule has 2 nitrogen and oxygen atoms in total. The maximum absolute atomic E-state index is 3.68. The van der Waals surface area contributed by atoms with Gasteiger partial charge in [0, 0.05) is 23.3 Å². The summed E-state index contributed by atoms with van der Waals surface area (Å²) in [6.07, 6.45) is 4.54. The third kappa shape index (κ3) is 1.72. The summed E-state index contributed by atoms with van der Waals surface area (Å²) in [5.41, 5.74) is 5.20. The second-order valence-corrected chi connectivity index (χ2v) is 5.66. The minimum atomic E-state index is 0.344. The average molecular weight is 262 g/mol. The fourth-order valence-electron chi connectivity index (χ4n) is 3.45. The Morgan fingerprint density at radius 2 is 1.60 bits per heavy atom. The Kier molecular flexibility index (Phi) is 2.56. The van der Waals surface area contributed by atoms with E-state index in [0.29, 0.717) is 18.0 Å². The van der Waals surface area contributed by atoms with Crippen molar-refractivity contribution in [1.82, 2.24) is 0 Å². The molecule has 100 valence electrons. The molecule has 0 saturated carbocycles. The van der Waals surface area contributed by atoms with Gasteiger partial charge in [0.25, 0.3) is 0 Å². The van der Waals surface area contributed by atoms with E-state index < -0.39 is 0 Å². The Bertz CT molecular complexity index is 675. The van der Waals surface area contributed by atoms with E-state index in [1.54, 1.807) is 0 Å². The van der Waals surface area contributed by atoms with Crippen molar-refractivity contribution in [2.75, 3.05) is 10.6 Å². The second-order valence-electron chi connectivity index (χ2n) is 5.66. The van der Waals surface area contributed by atoms with Crippen LogP contribution in [0.5, 0.6) is 0 Å². The van der Waals surface area contributed by atoms with E-state index in [0.717, 1.165) is 0 Å². The number of rotatable bonds is 1. The van der Waals surface area contributed by atoms with Crippen LogP contribution in [0.3, 0.4) is 0 Å².